The van der Waals surface area contributed by atoms with E-state index >= 15 is 0 Å². The Hall–Kier alpha value is -1.40. The quantitative estimate of drug-likeness (QED) is 0.828. The maximum atomic E-state index is 12.7. The summed E-state index contributed by atoms with van der Waals surface area (Å²) < 4.78 is 26.9. The topological polar surface area (TPSA) is 57.7 Å². The van der Waals surface area contributed by atoms with Crippen molar-refractivity contribution in [1.29, 1.82) is 0 Å². The van der Waals surface area contributed by atoms with Crippen LogP contribution < -0.4 is 0 Å². The highest BCUT2D eigenvalue weighted by atomic mass is 32.2. The zero-order chi connectivity index (χ0) is 18.0. The zero-order valence-corrected chi connectivity index (χ0v) is 16.0. The molecule has 0 saturated carbocycles. The van der Waals surface area contributed by atoms with E-state index in [1.54, 1.807) is 28.6 Å². The van der Waals surface area contributed by atoms with Crippen LogP contribution in [0.4, 0.5) is 0 Å². The van der Waals surface area contributed by atoms with Crippen molar-refractivity contribution in [2.45, 2.75) is 44.4 Å². The zero-order valence-electron chi connectivity index (χ0n) is 15.1. The van der Waals surface area contributed by atoms with Gasteiger partial charge in [0, 0.05) is 31.7 Å². The number of sulfonamides is 1. The van der Waals surface area contributed by atoms with Crippen molar-refractivity contribution >= 4 is 15.9 Å². The maximum absolute atomic E-state index is 12.7. The summed E-state index contributed by atoms with van der Waals surface area (Å²) in [7, 11) is -3.44. The van der Waals surface area contributed by atoms with Gasteiger partial charge >= 0.3 is 0 Å². The normalized spacial score (nSPS) is 25.8. The summed E-state index contributed by atoms with van der Waals surface area (Å²) in [6.07, 6.45) is 4.07. The molecule has 0 unspecified atom stereocenters. The monoisotopic (exact) mass is 364 g/mol. The van der Waals surface area contributed by atoms with Crippen molar-refractivity contribution in [2.75, 3.05) is 26.2 Å². The van der Waals surface area contributed by atoms with Crippen molar-refractivity contribution in [2.24, 2.45) is 11.8 Å². The lowest BCUT2D eigenvalue weighted by atomic mass is 9.91. The molecule has 0 aliphatic carbocycles. The molecule has 2 atom stereocenters. The average Bonchev–Trinajstić information content (AvgIpc) is 2.61. The summed E-state index contributed by atoms with van der Waals surface area (Å²) >= 11 is 0. The molecular formula is C19H28N2O3S. The molecule has 2 saturated heterocycles. The van der Waals surface area contributed by atoms with Crippen molar-refractivity contribution in [3.8, 4) is 0 Å². The molecule has 0 radical (unpaired) electrons. The van der Waals surface area contributed by atoms with Crippen molar-refractivity contribution in [3.63, 3.8) is 0 Å². The highest BCUT2D eigenvalue weighted by molar-refractivity contribution is 7.89. The van der Waals surface area contributed by atoms with E-state index in [2.05, 4.69) is 13.8 Å². The minimum absolute atomic E-state index is 0.000297. The molecule has 2 aliphatic rings. The van der Waals surface area contributed by atoms with E-state index in [1.165, 1.54) is 0 Å². The van der Waals surface area contributed by atoms with Gasteiger partial charge in [-0.1, -0.05) is 20.3 Å². The molecule has 0 bridgehead atoms. The Labute approximate surface area is 151 Å². The van der Waals surface area contributed by atoms with Gasteiger partial charge in [0.15, 0.2) is 0 Å². The molecule has 0 spiro atoms. The smallest absolute Gasteiger partial charge is 0.253 e. The van der Waals surface area contributed by atoms with E-state index in [0.717, 1.165) is 38.8 Å². The Bertz CT molecular complexity index is 699. The van der Waals surface area contributed by atoms with Crippen LogP contribution in [0.15, 0.2) is 29.2 Å². The highest BCUT2D eigenvalue weighted by Crippen LogP contribution is 2.24. The third-order valence-corrected chi connectivity index (χ3v) is 7.12. The molecule has 2 fully saturated rings. The van der Waals surface area contributed by atoms with Gasteiger partial charge in [-0.05, 0) is 55.4 Å². The number of rotatable bonds is 3. The number of piperidine rings is 2. The second-order valence-corrected chi connectivity index (χ2v) is 9.58. The molecule has 138 valence electrons. The Kier molecular flexibility index (Phi) is 5.49. The van der Waals surface area contributed by atoms with E-state index < -0.39 is 10.0 Å². The van der Waals surface area contributed by atoms with Crippen molar-refractivity contribution in [3.05, 3.63) is 29.8 Å². The largest absolute Gasteiger partial charge is 0.338 e. The minimum Gasteiger partial charge on any atom is -0.338 e. The number of carbonyl (C=O) groups excluding carboxylic acids is 1. The van der Waals surface area contributed by atoms with Crippen LogP contribution in [0.1, 0.15) is 49.9 Å². The van der Waals surface area contributed by atoms with Gasteiger partial charge in [-0.2, -0.15) is 4.31 Å². The molecule has 6 heteroatoms. The minimum atomic E-state index is -3.44. The predicted molar refractivity (Wildman–Crippen MR) is 97.9 cm³/mol. The first kappa shape index (κ1) is 18.4. The molecule has 1 aromatic rings. The lowest BCUT2D eigenvalue weighted by molar-refractivity contribution is 0.0623. The maximum Gasteiger partial charge on any atom is 0.253 e. The lowest BCUT2D eigenvalue weighted by Gasteiger charge is -2.35. The molecule has 25 heavy (non-hydrogen) atoms. The van der Waals surface area contributed by atoms with Gasteiger partial charge in [0.05, 0.1) is 4.90 Å². The lowest BCUT2D eigenvalue weighted by Crippen LogP contribution is -2.42. The van der Waals surface area contributed by atoms with Crippen LogP contribution in [-0.4, -0.2) is 49.7 Å². The third-order valence-electron chi connectivity index (χ3n) is 5.21. The third kappa shape index (κ3) is 4.06. The Morgan fingerprint density at radius 2 is 1.52 bits per heavy atom. The second-order valence-electron chi connectivity index (χ2n) is 7.65. The predicted octanol–water partition coefficient (Wildman–Crippen LogP) is 2.98. The van der Waals surface area contributed by atoms with Crippen LogP contribution in [0.25, 0.3) is 0 Å². The second kappa shape index (κ2) is 7.46. The molecule has 1 amide bonds. The molecule has 2 aliphatic heterocycles. The Balaban J connectivity index is 1.74. The van der Waals surface area contributed by atoms with E-state index in [0.29, 0.717) is 30.5 Å². The Morgan fingerprint density at radius 1 is 0.960 bits per heavy atom. The summed E-state index contributed by atoms with van der Waals surface area (Å²) in [5.74, 6) is 1.01. The van der Waals surface area contributed by atoms with Crippen LogP contribution in [0.5, 0.6) is 0 Å². The van der Waals surface area contributed by atoms with Gasteiger partial charge in [0.25, 0.3) is 5.91 Å². The number of likely N-dealkylation sites (tertiary alicyclic amines) is 1. The van der Waals surface area contributed by atoms with Crippen LogP contribution in [0, 0.1) is 11.8 Å². The van der Waals surface area contributed by atoms with Gasteiger partial charge in [0.2, 0.25) is 10.0 Å². The van der Waals surface area contributed by atoms with Crippen LogP contribution >= 0.6 is 0 Å². The van der Waals surface area contributed by atoms with Crippen LogP contribution in [0.3, 0.4) is 0 Å². The number of carbonyl (C=O) groups is 1. The van der Waals surface area contributed by atoms with Gasteiger partial charge in [-0.3, -0.25) is 4.79 Å². The number of amides is 1. The van der Waals surface area contributed by atoms with Gasteiger partial charge < -0.3 is 4.90 Å². The molecule has 5 nitrogen and oxygen atoms in total. The fourth-order valence-electron chi connectivity index (χ4n) is 4.04. The van der Waals surface area contributed by atoms with Crippen LogP contribution in [-0.2, 0) is 10.0 Å². The molecule has 3 rings (SSSR count). The number of nitrogens with zero attached hydrogens (tertiary/aromatic N) is 2. The van der Waals surface area contributed by atoms with E-state index in [9.17, 15) is 13.2 Å². The van der Waals surface area contributed by atoms with Crippen LogP contribution in [0.2, 0.25) is 0 Å². The molecule has 0 N–H and O–H groups in total. The van der Waals surface area contributed by atoms with Gasteiger partial charge in [-0.25, -0.2) is 8.42 Å². The van der Waals surface area contributed by atoms with E-state index in [-0.39, 0.29) is 10.8 Å². The standard InChI is InChI=1S/C19H28N2O3S/c1-15-12-16(2)14-20(13-15)19(22)17-6-8-18(9-7-17)25(23,24)21-10-4-3-5-11-21/h6-9,15-16H,3-5,10-14H2,1-2H3/t15-,16-/m0/s1. The molecular weight excluding hydrogens is 336 g/mol. The summed E-state index contributed by atoms with van der Waals surface area (Å²) in [6, 6.07) is 6.47. The van der Waals surface area contributed by atoms with Gasteiger partial charge in [0.1, 0.15) is 0 Å². The first-order valence-corrected chi connectivity index (χ1v) is 10.7. The summed E-state index contributed by atoms with van der Waals surface area (Å²) in [4.78, 5) is 14.9. The van der Waals surface area contributed by atoms with E-state index in [4.69, 9.17) is 0 Å². The highest BCUT2D eigenvalue weighted by Gasteiger charge is 2.28. The molecule has 2 heterocycles. The van der Waals surface area contributed by atoms with Crippen molar-refractivity contribution < 1.29 is 13.2 Å². The SMILES string of the molecule is C[C@H]1C[C@H](C)CN(C(=O)c2ccc(S(=O)(=O)N3CCCCC3)cc2)C1. The van der Waals surface area contributed by atoms with Crippen molar-refractivity contribution in [1.82, 2.24) is 9.21 Å². The number of hydrogen-bond acceptors (Lipinski definition) is 3. The number of benzene rings is 1. The first-order valence-electron chi connectivity index (χ1n) is 9.27. The summed E-state index contributed by atoms with van der Waals surface area (Å²) in [5, 5.41) is 0. The summed E-state index contributed by atoms with van der Waals surface area (Å²) in [6.45, 7) is 7.07. The molecule has 0 aromatic heterocycles. The van der Waals surface area contributed by atoms with E-state index in [1.807, 2.05) is 4.90 Å². The van der Waals surface area contributed by atoms with Gasteiger partial charge in [-0.15, -0.1) is 0 Å². The Morgan fingerprint density at radius 3 is 2.08 bits per heavy atom. The first-order chi connectivity index (χ1) is 11.9. The summed E-state index contributed by atoms with van der Waals surface area (Å²) in [5.41, 5.74) is 0.568. The average molecular weight is 365 g/mol. The number of hydrogen-bond donors (Lipinski definition) is 0. The fourth-order valence-corrected chi connectivity index (χ4v) is 5.55. The molecule has 1 aromatic carbocycles. The fraction of sp³-hybridized carbons (Fsp3) is 0.632.